The number of hydrogen-bond donors (Lipinski definition) is 1. The molecule has 5 aromatic rings. The number of rotatable bonds is 5. The molecule has 0 saturated heterocycles. The summed E-state index contributed by atoms with van der Waals surface area (Å²) in [5.41, 5.74) is 4.60. The van der Waals surface area contributed by atoms with E-state index >= 15 is 0 Å². The van der Waals surface area contributed by atoms with Crippen LogP contribution in [0.25, 0.3) is 28.1 Å². The predicted octanol–water partition coefficient (Wildman–Crippen LogP) is 5.10. The molecular weight excluding hydrogens is 410 g/mol. The van der Waals surface area contributed by atoms with Crippen molar-refractivity contribution in [2.45, 2.75) is 13.0 Å². The molecule has 3 aromatic heterocycles. The minimum Gasteiger partial charge on any atom is -0.348 e. The van der Waals surface area contributed by atoms with Gasteiger partial charge in [-0.05, 0) is 30.7 Å². The number of fused-ring (bicyclic) bond motifs is 1. The molecule has 31 heavy (non-hydrogen) atoms. The van der Waals surface area contributed by atoms with Crippen LogP contribution in [0.15, 0.2) is 79.5 Å². The van der Waals surface area contributed by atoms with Gasteiger partial charge in [0.25, 0.3) is 0 Å². The second-order valence-electron chi connectivity index (χ2n) is 7.06. The van der Waals surface area contributed by atoms with Crippen molar-refractivity contribution in [2.75, 3.05) is 5.32 Å². The van der Waals surface area contributed by atoms with Crippen LogP contribution in [0.1, 0.15) is 18.5 Å². The fraction of sp³-hybridized carbons (Fsp3) is 0.0870. The number of nitrogens with zero attached hydrogens (tertiary/aromatic N) is 6. The standard InChI is InChI=1S/C23H18ClN7/c1-15(16-5-3-2-4-6-16)29-23-25-10-9-22(30-23)31-14-28-18-11-17(7-8-20(18)31)19-12-27-21(24)13-26-19/h2-15H,1H3,(H,25,29,30). The van der Waals surface area contributed by atoms with Crippen molar-refractivity contribution in [1.29, 1.82) is 0 Å². The minimum absolute atomic E-state index is 0.0824. The first-order valence-electron chi connectivity index (χ1n) is 9.77. The summed E-state index contributed by atoms with van der Waals surface area (Å²) in [6.45, 7) is 2.08. The van der Waals surface area contributed by atoms with Gasteiger partial charge < -0.3 is 5.32 Å². The van der Waals surface area contributed by atoms with E-state index in [-0.39, 0.29) is 6.04 Å². The lowest BCUT2D eigenvalue weighted by Crippen LogP contribution is -2.10. The van der Waals surface area contributed by atoms with E-state index in [1.54, 1.807) is 18.7 Å². The van der Waals surface area contributed by atoms with Crippen molar-refractivity contribution < 1.29 is 0 Å². The molecule has 152 valence electrons. The summed E-state index contributed by atoms with van der Waals surface area (Å²) in [7, 11) is 0. The largest absolute Gasteiger partial charge is 0.348 e. The third-order valence-electron chi connectivity index (χ3n) is 5.00. The number of imidazole rings is 1. The van der Waals surface area contributed by atoms with E-state index < -0.39 is 0 Å². The maximum atomic E-state index is 5.84. The SMILES string of the molecule is CC(Nc1nccc(-n2cnc3cc(-c4cnc(Cl)cn4)ccc32)n1)c1ccccc1. The van der Waals surface area contributed by atoms with Crippen LogP contribution >= 0.6 is 11.6 Å². The summed E-state index contributed by atoms with van der Waals surface area (Å²) in [4.78, 5) is 22.0. The van der Waals surface area contributed by atoms with Gasteiger partial charge in [0.05, 0.1) is 35.2 Å². The Morgan fingerprint density at radius 1 is 0.935 bits per heavy atom. The second-order valence-corrected chi connectivity index (χ2v) is 7.44. The van der Waals surface area contributed by atoms with Crippen molar-refractivity contribution in [2.24, 2.45) is 0 Å². The zero-order chi connectivity index (χ0) is 21.2. The van der Waals surface area contributed by atoms with Gasteiger partial charge in [-0.25, -0.2) is 15.0 Å². The van der Waals surface area contributed by atoms with Gasteiger partial charge >= 0.3 is 0 Å². The molecule has 1 N–H and O–H groups in total. The van der Waals surface area contributed by atoms with Crippen LogP contribution in [-0.4, -0.2) is 29.5 Å². The van der Waals surface area contributed by atoms with Crippen LogP contribution in [0.2, 0.25) is 5.15 Å². The zero-order valence-corrected chi connectivity index (χ0v) is 17.4. The van der Waals surface area contributed by atoms with Crippen molar-refractivity contribution in [3.8, 4) is 17.1 Å². The Kier molecular flexibility index (Phi) is 5.01. The second kappa shape index (κ2) is 8.12. The van der Waals surface area contributed by atoms with E-state index in [2.05, 4.69) is 49.3 Å². The molecule has 0 saturated carbocycles. The van der Waals surface area contributed by atoms with E-state index in [0.29, 0.717) is 11.1 Å². The highest BCUT2D eigenvalue weighted by molar-refractivity contribution is 6.29. The van der Waals surface area contributed by atoms with E-state index in [0.717, 1.165) is 28.1 Å². The highest BCUT2D eigenvalue weighted by Crippen LogP contribution is 2.24. The smallest absolute Gasteiger partial charge is 0.225 e. The van der Waals surface area contributed by atoms with Crippen molar-refractivity contribution in [1.82, 2.24) is 29.5 Å². The van der Waals surface area contributed by atoms with E-state index in [9.17, 15) is 0 Å². The quantitative estimate of drug-likeness (QED) is 0.420. The molecule has 1 unspecified atom stereocenters. The number of anilines is 1. The average molecular weight is 428 g/mol. The molecule has 0 amide bonds. The summed E-state index contributed by atoms with van der Waals surface area (Å²) in [5, 5.41) is 3.73. The third kappa shape index (κ3) is 3.95. The van der Waals surface area contributed by atoms with E-state index in [1.165, 1.54) is 11.8 Å². The van der Waals surface area contributed by atoms with Crippen LogP contribution in [0.3, 0.4) is 0 Å². The molecule has 3 heterocycles. The van der Waals surface area contributed by atoms with Crippen molar-refractivity contribution >= 4 is 28.6 Å². The molecule has 0 spiro atoms. The van der Waals surface area contributed by atoms with Gasteiger partial charge in [-0.1, -0.05) is 48.0 Å². The molecule has 2 aromatic carbocycles. The molecule has 0 fully saturated rings. The molecule has 0 radical (unpaired) electrons. The van der Waals surface area contributed by atoms with Gasteiger partial charge in [0, 0.05) is 11.8 Å². The number of aromatic nitrogens is 6. The lowest BCUT2D eigenvalue weighted by Gasteiger charge is -2.14. The number of halogens is 1. The Bertz CT molecular complexity index is 1330. The average Bonchev–Trinajstić information content (AvgIpc) is 3.24. The molecule has 1 atom stereocenters. The molecular formula is C23H18ClN7. The first-order valence-corrected chi connectivity index (χ1v) is 10.1. The Morgan fingerprint density at radius 2 is 1.81 bits per heavy atom. The Labute approximate surface area is 183 Å². The lowest BCUT2D eigenvalue weighted by molar-refractivity contribution is 0.854. The van der Waals surface area contributed by atoms with Gasteiger partial charge in [0.1, 0.15) is 17.3 Å². The topological polar surface area (TPSA) is 81.4 Å². The number of hydrogen-bond acceptors (Lipinski definition) is 6. The molecule has 0 aliphatic rings. The maximum Gasteiger partial charge on any atom is 0.225 e. The van der Waals surface area contributed by atoms with Gasteiger partial charge in [0.2, 0.25) is 5.95 Å². The van der Waals surface area contributed by atoms with E-state index in [1.807, 2.05) is 47.0 Å². The van der Waals surface area contributed by atoms with Crippen molar-refractivity contribution in [3.05, 3.63) is 90.2 Å². The summed E-state index contributed by atoms with van der Waals surface area (Å²) in [6.07, 6.45) is 6.68. The first-order chi connectivity index (χ1) is 15.2. The van der Waals surface area contributed by atoms with Gasteiger partial charge in [-0.2, -0.15) is 4.98 Å². The van der Waals surface area contributed by atoms with Gasteiger partial charge in [-0.15, -0.1) is 0 Å². The summed E-state index contributed by atoms with van der Waals surface area (Å²) >= 11 is 5.84. The summed E-state index contributed by atoms with van der Waals surface area (Å²) < 4.78 is 1.94. The Balaban J connectivity index is 1.44. The van der Waals surface area contributed by atoms with Gasteiger partial charge in [0.15, 0.2) is 0 Å². The number of benzene rings is 2. The van der Waals surface area contributed by atoms with Crippen LogP contribution < -0.4 is 5.32 Å². The molecule has 0 bridgehead atoms. The Morgan fingerprint density at radius 3 is 2.61 bits per heavy atom. The van der Waals surface area contributed by atoms with Crippen LogP contribution in [-0.2, 0) is 0 Å². The highest BCUT2D eigenvalue weighted by atomic mass is 35.5. The number of nitrogens with one attached hydrogen (secondary N) is 1. The van der Waals surface area contributed by atoms with E-state index in [4.69, 9.17) is 11.6 Å². The minimum atomic E-state index is 0.0824. The fourth-order valence-electron chi connectivity index (χ4n) is 3.39. The fourth-order valence-corrected chi connectivity index (χ4v) is 3.49. The summed E-state index contributed by atoms with van der Waals surface area (Å²) in [6, 6.07) is 18.1. The van der Waals surface area contributed by atoms with Crippen LogP contribution in [0.4, 0.5) is 5.95 Å². The highest BCUT2D eigenvalue weighted by Gasteiger charge is 2.11. The molecule has 7 nitrogen and oxygen atoms in total. The predicted molar refractivity (Wildman–Crippen MR) is 121 cm³/mol. The van der Waals surface area contributed by atoms with Crippen LogP contribution in [0.5, 0.6) is 0 Å². The lowest BCUT2D eigenvalue weighted by atomic mass is 10.1. The summed E-state index contributed by atoms with van der Waals surface area (Å²) in [5.74, 6) is 1.29. The van der Waals surface area contributed by atoms with Crippen molar-refractivity contribution in [3.63, 3.8) is 0 Å². The maximum absolute atomic E-state index is 5.84. The first kappa shape index (κ1) is 19.1. The molecule has 0 aliphatic carbocycles. The molecule has 0 aliphatic heterocycles. The molecule has 5 rings (SSSR count). The Hall–Kier alpha value is -3.84. The zero-order valence-electron chi connectivity index (χ0n) is 16.6. The van der Waals surface area contributed by atoms with Gasteiger partial charge in [-0.3, -0.25) is 9.55 Å². The normalized spacial score (nSPS) is 12.1. The van der Waals surface area contributed by atoms with Crippen LogP contribution in [0, 0.1) is 0 Å². The third-order valence-corrected chi connectivity index (χ3v) is 5.19. The molecule has 8 heteroatoms. The monoisotopic (exact) mass is 427 g/mol.